The molecule has 0 radical (unpaired) electrons. The number of hydrogen-bond donors (Lipinski definition) is 1. The van der Waals surface area contributed by atoms with Gasteiger partial charge in [0.25, 0.3) is 0 Å². The maximum atomic E-state index is 12.2. The molecule has 1 aliphatic heterocycles. The van der Waals surface area contributed by atoms with E-state index < -0.39 is 12.0 Å². The first kappa shape index (κ1) is 12.1. The van der Waals surface area contributed by atoms with Crippen LogP contribution in [0.25, 0.3) is 0 Å². The summed E-state index contributed by atoms with van der Waals surface area (Å²) in [6.45, 7) is 0.762. The third kappa shape index (κ3) is 2.33. The van der Waals surface area contributed by atoms with E-state index in [0.29, 0.717) is 24.6 Å². The topological polar surface area (TPSA) is 58.1 Å². The van der Waals surface area contributed by atoms with Crippen LogP contribution in [0.15, 0.2) is 0 Å². The fraction of sp³-hybridized carbons (Fsp3) is 0.625. The van der Waals surface area contributed by atoms with Crippen LogP contribution in [0, 0.1) is 5.92 Å². The molecule has 0 atom stereocenters. The Morgan fingerprint density at radius 2 is 2.18 bits per heavy atom. The first-order chi connectivity index (χ1) is 7.91. The molecule has 0 unspecified atom stereocenters. The minimum absolute atomic E-state index is 0.109. The Labute approximate surface area is 98.8 Å². The third-order valence-electron chi connectivity index (χ3n) is 2.44. The molecule has 9 heteroatoms. The molecule has 1 aliphatic rings. The average molecular weight is 266 g/mol. The molecule has 1 fully saturated rings. The highest BCUT2D eigenvalue weighted by atomic mass is 32.1. The zero-order valence-electron chi connectivity index (χ0n) is 8.78. The Morgan fingerprint density at radius 1 is 1.53 bits per heavy atom. The Hall–Kier alpha value is -1.38. The lowest BCUT2D eigenvalue weighted by Gasteiger charge is -2.37. The van der Waals surface area contributed by atoms with Crippen LogP contribution in [0.3, 0.4) is 0 Å². The number of halogens is 3. The summed E-state index contributed by atoms with van der Waals surface area (Å²) >= 11 is 0.695. The zero-order valence-corrected chi connectivity index (χ0v) is 9.60. The maximum Gasteiger partial charge on any atom is 0.452 e. The number of nitrogens with one attached hydrogen (secondary N) is 1. The molecule has 17 heavy (non-hydrogen) atoms. The fourth-order valence-corrected chi connectivity index (χ4v) is 2.17. The molecule has 1 N–H and O–H groups in total. The van der Waals surface area contributed by atoms with Crippen molar-refractivity contribution in [1.82, 2.24) is 14.7 Å². The predicted molar refractivity (Wildman–Crippen MR) is 54.7 cm³/mol. The van der Waals surface area contributed by atoms with Gasteiger partial charge < -0.3 is 10.2 Å². The van der Waals surface area contributed by atoms with E-state index in [0.717, 1.165) is 0 Å². The van der Waals surface area contributed by atoms with Gasteiger partial charge in [0.2, 0.25) is 16.9 Å². The summed E-state index contributed by atoms with van der Waals surface area (Å²) in [6.07, 6.45) is -4.51. The van der Waals surface area contributed by atoms with E-state index in [-0.39, 0.29) is 17.0 Å². The Balaban J connectivity index is 1.98. The van der Waals surface area contributed by atoms with Gasteiger partial charge in [-0.3, -0.25) is 4.79 Å². The zero-order chi connectivity index (χ0) is 12.6. The van der Waals surface area contributed by atoms with Crippen LogP contribution in [0.5, 0.6) is 0 Å². The summed E-state index contributed by atoms with van der Waals surface area (Å²) in [5.41, 5.74) is 0. The number of carbonyl (C=O) groups is 1. The smallest absolute Gasteiger partial charge is 0.359 e. The highest BCUT2D eigenvalue weighted by Gasteiger charge is 2.39. The van der Waals surface area contributed by atoms with Crippen LogP contribution in [0.4, 0.5) is 18.3 Å². The lowest BCUT2D eigenvalue weighted by atomic mass is 10.0. The van der Waals surface area contributed by atoms with Crippen molar-refractivity contribution >= 4 is 22.6 Å². The molecule has 94 valence electrons. The number of anilines is 1. The van der Waals surface area contributed by atoms with Crippen molar-refractivity contribution in [3.8, 4) is 0 Å². The normalized spacial score (nSPS) is 16.8. The molecule has 2 heterocycles. The summed E-state index contributed by atoms with van der Waals surface area (Å²) in [7, 11) is 1.53. The van der Waals surface area contributed by atoms with Crippen LogP contribution >= 0.6 is 11.5 Å². The van der Waals surface area contributed by atoms with Crippen molar-refractivity contribution in [1.29, 1.82) is 0 Å². The van der Waals surface area contributed by atoms with E-state index in [2.05, 4.69) is 14.7 Å². The summed E-state index contributed by atoms with van der Waals surface area (Å²) in [6, 6.07) is 0. The van der Waals surface area contributed by atoms with Gasteiger partial charge in [-0.25, -0.2) is 0 Å². The minimum atomic E-state index is -4.51. The SMILES string of the molecule is CNC(=O)C1CN(c2nc(C(F)(F)F)ns2)C1. The van der Waals surface area contributed by atoms with Crippen LogP contribution in [-0.2, 0) is 11.0 Å². The summed E-state index contributed by atoms with van der Waals surface area (Å²) in [5, 5.41) is 2.70. The Kier molecular flexibility index (Phi) is 2.94. The standard InChI is InChI=1S/C8H9F3N4OS/c1-12-5(16)4-2-15(3-4)7-13-6(14-17-7)8(9,10)11/h4H,2-3H2,1H3,(H,12,16). The van der Waals surface area contributed by atoms with Gasteiger partial charge in [0.05, 0.1) is 5.92 Å². The molecular weight excluding hydrogens is 257 g/mol. The van der Waals surface area contributed by atoms with E-state index in [1.165, 1.54) is 7.05 Å². The molecule has 0 saturated carbocycles. The van der Waals surface area contributed by atoms with Crippen LogP contribution < -0.4 is 10.2 Å². The van der Waals surface area contributed by atoms with E-state index in [4.69, 9.17) is 0 Å². The molecule has 1 aromatic rings. The van der Waals surface area contributed by atoms with Crippen molar-refractivity contribution in [2.45, 2.75) is 6.18 Å². The molecule has 0 aliphatic carbocycles. The lowest BCUT2D eigenvalue weighted by molar-refractivity contribution is -0.144. The first-order valence-electron chi connectivity index (χ1n) is 4.79. The molecule has 5 nitrogen and oxygen atoms in total. The van der Waals surface area contributed by atoms with Gasteiger partial charge in [-0.1, -0.05) is 0 Å². The number of aromatic nitrogens is 2. The Bertz CT molecular complexity index is 427. The van der Waals surface area contributed by atoms with Gasteiger partial charge in [-0.05, 0) is 0 Å². The molecule has 1 amide bonds. The fourth-order valence-electron chi connectivity index (χ4n) is 1.46. The summed E-state index contributed by atoms with van der Waals surface area (Å²) in [4.78, 5) is 16.2. The van der Waals surface area contributed by atoms with Gasteiger partial charge in [0, 0.05) is 31.7 Å². The van der Waals surface area contributed by atoms with Crippen LogP contribution in [0.2, 0.25) is 0 Å². The molecule has 2 rings (SSSR count). The predicted octanol–water partition coefficient (Wildman–Crippen LogP) is 0.739. The summed E-state index contributed by atoms with van der Waals surface area (Å²) in [5.74, 6) is -1.42. The highest BCUT2D eigenvalue weighted by molar-refractivity contribution is 7.09. The molecule has 1 aromatic heterocycles. The number of rotatable bonds is 2. The van der Waals surface area contributed by atoms with Gasteiger partial charge in [-0.2, -0.15) is 22.5 Å². The maximum absolute atomic E-state index is 12.2. The number of alkyl halides is 3. The second-order valence-electron chi connectivity index (χ2n) is 3.61. The minimum Gasteiger partial charge on any atom is -0.359 e. The number of amides is 1. The molecule has 0 aromatic carbocycles. The lowest BCUT2D eigenvalue weighted by Crippen LogP contribution is -2.53. The second kappa shape index (κ2) is 4.13. The van der Waals surface area contributed by atoms with Gasteiger partial charge in [0.15, 0.2) is 0 Å². The monoisotopic (exact) mass is 266 g/mol. The number of carbonyl (C=O) groups excluding carboxylic acids is 1. The average Bonchev–Trinajstić information content (AvgIpc) is 2.63. The van der Waals surface area contributed by atoms with Gasteiger partial charge in [-0.15, -0.1) is 0 Å². The van der Waals surface area contributed by atoms with Crippen molar-refractivity contribution in [2.75, 3.05) is 25.0 Å². The quantitative estimate of drug-likeness (QED) is 0.857. The molecule has 0 spiro atoms. The van der Waals surface area contributed by atoms with Crippen molar-refractivity contribution in [2.24, 2.45) is 5.92 Å². The number of hydrogen-bond acceptors (Lipinski definition) is 5. The first-order valence-corrected chi connectivity index (χ1v) is 5.56. The molecular formula is C8H9F3N4OS. The third-order valence-corrected chi connectivity index (χ3v) is 3.22. The van der Waals surface area contributed by atoms with Crippen molar-refractivity contribution in [3.63, 3.8) is 0 Å². The summed E-state index contributed by atoms with van der Waals surface area (Å²) < 4.78 is 40.0. The largest absolute Gasteiger partial charge is 0.452 e. The highest BCUT2D eigenvalue weighted by Crippen LogP contribution is 2.32. The second-order valence-corrected chi connectivity index (χ2v) is 4.34. The number of nitrogens with zero attached hydrogens (tertiary/aromatic N) is 3. The Morgan fingerprint density at radius 3 is 2.65 bits per heavy atom. The van der Waals surface area contributed by atoms with E-state index in [9.17, 15) is 18.0 Å². The molecule has 1 saturated heterocycles. The van der Waals surface area contributed by atoms with E-state index >= 15 is 0 Å². The van der Waals surface area contributed by atoms with Crippen LogP contribution in [0.1, 0.15) is 5.82 Å². The van der Waals surface area contributed by atoms with Crippen LogP contribution in [-0.4, -0.2) is 35.4 Å². The van der Waals surface area contributed by atoms with Crippen molar-refractivity contribution < 1.29 is 18.0 Å². The van der Waals surface area contributed by atoms with E-state index in [1.54, 1.807) is 4.90 Å². The van der Waals surface area contributed by atoms with Crippen molar-refractivity contribution in [3.05, 3.63) is 5.82 Å². The van der Waals surface area contributed by atoms with Gasteiger partial charge in [0.1, 0.15) is 0 Å². The van der Waals surface area contributed by atoms with E-state index in [1.807, 2.05) is 0 Å². The molecule has 0 bridgehead atoms. The van der Waals surface area contributed by atoms with Gasteiger partial charge >= 0.3 is 6.18 Å².